The lowest BCUT2D eigenvalue weighted by Gasteiger charge is -2.12. The van der Waals surface area contributed by atoms with Crippen LogP contribution in [0.3, 0.4) is 0 Å². The van der Waals surface area contributed by atoms with Gasteiger partial charge in [-0.25, -0.2) is 9.97 Å². The number of rotatable bonds is 6. The second-order valence-corrected chi connectivity index (χ2v) is 5.84. The number of hydrogen-bond donors (Lipinski definition) is 1. The van der Waals surface area contributed by atoms with Crippen LogP contribution >= 0.6 is 0 Å². The predicted octanol–water partition coefficient (Wildman–Crippen LogP) is 4.20. The third kappa shape index (κ3) is 3.96. The van der Waals surface area contributed by atoms with Crippen molar-refractivity contribution in [3.63, 3.8) is 0 Å². The lowest BCUT2D eigenvalue weighted by atomic mass is 10.1. The zero-order chi connectivity index (χ0) is 16.8. The molecule has 0 spiro atoms. The van der Waals surface area contributed by atoms with Gasteiger partial charge in [0.25, 0.3) is 0 Å². The van der Waals surface area contributed by atoms with Crippen molar-refractivity contribution in [2.24, 2.45) is 0 Å². The number of nitrogens with one attached hydrogen (secondary N) is 1. The zero-order valence-electron chi connectivity index (χ0n) is 14.2. The van der Waals surface area contributed by atoms with E-state index in [1.807, 2.05) is 31.2 Å². The molecule has 4 nitrogen and oxygen atoms in total. The molecule has 0 amide bonds. The highest BCUT2D eigenvalue weighted by molar-refractivity contribution is 5.56. The fraction of sp³-hybridized carbons (Fsp3) is 0.250. The van der Waals surface area contributed by atoms with Gasteiger partial charge in [0.15, 0.2) is 5.82 Å². The second kappa shape index (κ2) is 7.68. The van der Waals surface area contributed by atoms with Crippen LogP contribution in [-0.2, 0) is 6.42 Å². The van der Waals surface area contributed by atoms with E-state index in [2.05, 4.69) is 51.5 Å². The number of aromatic nitrogens is 3. The highest BCUT2D eigenvalue weighted by atomic mass is 15.0. The Balaban J connectivity index is 1.67. The van der Waals surface area contributed by atoms with Gasteiger partial charge in [0.1, 0.15) is 11.5 Å². The van der Waals surface area contributed by atoms with Gasteiger partial charge >= 0.3 is 0 Å². The van der Waals surface area contributed by atoms with Crippen molar-refractivity contribution in [1.82, 2.24) is 15.0 Å². The van der Waals surface area contributed by atoms with Gasteiger partial charge < -0.3 is 5.32 Å². The van der Waals surface area contributed by atoms with Crippen molar-refractivity contribution in [1.29, 1.82) is 0 Å². The molecule has 0 aliphatic carbocycles. The van der Waals surface area contributed by atoms with Crippen LogP contribution in [0.2, 0.25) is 0 Å². The minimum absolute atomic E-state index is 0.671. The Morgan fingerprint density at radius 2 is 1.71 bits per heavy atom. The molecule has 0 unspecified atom stereocenters. The molecule has 2 heterocycles. The molecule has 0 radical (unpaired) electrons. The number of pyridine rings is 1. The van der Waals surface area contributed by atoms with Crippen molar-refractivity contribution < 1.29 is 0 Å². The lowest BCUT2D eigenvalue weighted by molar-refractivity contribution is 0.855. The summed E-state index contributed by atoms with van der Waals surface area (Å²) in [4.78, 5) is 13.6. The summed E-state index contributed by atoms with van der Waals surface area (Å²) < 4.78 is 0. The van der Waals surface area contributed by atoms with E-state index < -0.39 is 0 Å². The summed E-state index contributed by atoms with van der Waals surface area (Å²) in [5, 5.41) is 3.46. The lowest BCUT2D eigenvalue weighted by Crippen LogP contribution is -2.09. The average molecular weight is 318 g/mol. The second-order valence-electron chi connectivity index (χ2n) is 5.84. The molecule has 0 saturated heterocycles. The molecule has 4 heteroatoms. The van der Waals surface area contributed by atoms with E-state index >= 15 is 0 Å². The van der Waals surface area contributed by atoms with Crippen LogP contribution in [0, 0.1) is 13.8 Å². The zero-order valence-corrected chi connectivity index (χ0v) is 14.2. The van der Waals surface area contributed by atoms with E-state index in [1.165, 1.54) is 5.56 Å². The Morgan fingerprint density at radius 3 is 2.46 bits per heavy atom. The molecule has 3 rings (SSSR count). The largest absolute Gasteiger partial charge is 0.370 e. The first-order valence-electron chi connectivity index (χ1n) is 8.28. The molecule has 0 aliphatic heterocycles. The number of aryl methyl sites for hydroxylation is 2. The number of benzene rings is 1. The first-order chi connectivity index (χ1) is 11.7. The molecule has 1 N–H and O–H groups in total. The maximum atomic E-state index is 4.66. The van der Waals surface area contributed by atoms with Crippen LogP contribution < -0.4 is 5.32 Å². The fourth-order valence-electron chi connectivity index (χ4n) is 2.55. The summed E-state index contributed by atoms with van der Waals surface area (Å²) in [6.07, 6.45) is 3.89. The quantitative estimate of drug-likeness (QED) is 0.692. The summed E-state index contributed by atoms with van der Waals surface area (Å²) in [5.41, 5.74) is 4.24. The van der Waals surface area contributed by atoms with Gasteiger partial charge in [-0.3, -0.25) is 4.98 Å². The molecule has 2 aromatic heterocycles. The highest BCUT2D eigenvalue weighted by Crippen LogP contribution is 2.20. The number of nitrogens with zero attached hydrogens (tertiary/aromatic N) is 3. The van der Waals surface area contributed by atoms with Crippen molar-refractivity contribution in [3.8, 4) is 11.5 Å². The molecule has 1 aromatic carbocycles. The van der Waals surface area contributed by atoms with E-state index in [4.69, 9.17) is 0 Å². The van der Waals surface area contributed by atoms with Gasteiger partial charge in [-0.1, -0.05) is 36.4 Å². The first kappa shape index (κ1) is 16.1. The van der Waals surface area contributed by atoms with Gasteiger partial charge in [0, 0.05) is 24.0 Å². The van der Waals surface area contributed by atoms with Crippen LogP contribution in [0.25, 0.3) is 11.5 Å². The molecule has 3 aromatic rings. The molecular weight excluding hydrogens is 296 g/mol. The van der Waals surface area contributed by atoms with Crippen molar-refractivity contribution in [2.75, 3.05) is 11.9 Å². The van der Waals surface area contributed by atoms with E-state index in [9.17, 15) is 0 Å². The SMILES string of the molecule is Cc1nc(-c2ccccn2)nc(NCCCc2ccccc2)c1C. The monoisotopic (exact) mass is 318 g/mol. The summed E-state index contributed by atoms with van der Waals surface area (Å²) in [7, 11) is 0. The Morgan fingerprint density at radius 1 is 0.917 bits per heavy atom. The normalized spacial score (nSPS) is 10.6. The van der Waals surface area contributed by atoms with Crippen LogP contribution in [0.4, 0.5) is 5.82 Å². The van der Waals surface area contributed by atoms with E-state index in [0.717, 1.165) is 42.2 Å². The molecule has 0 aliphatic rings. The molecular formula is C20H22N4. The summed E-state index contributed by atoms with van der Waals surface area (Å²) >= 11 is 0. The maximum Gasteiger partial charge on any atom is 0.180 e. The van der Waals surface area contributed by atoms with Gasteiger partial charge in [0.2, 0.25) is 0 Å². The maximum absolute atomic E-state index is 4.66. The Kier molecular flexibility index (Phi) is 5.16. The molecule has 24 heavy (non-hydrogen) atoms. The summed E-state index contributed by atoms with van der Waals surface area (Å²) in [5.74, 6) is 1.57. The van der Waals surface area contributed by atoms with E-state index in [1.54, 1.807) is 6.20 Å². The molecule has 0 fully saturated rings. The Hall–Kier alpha value is -2.75. The van der Waals surface area contributed by atoms with Crippen molar-refractivity contribution >= 4 is 5.82 Å². The highest BCUT2D eigenvalue weighted by Gasteiger charge is 2.10. The van der Waals surface area contributed by atoms with E-state index in [-0.39, 0.29) is 0 Å². The van der Waals surface area contributed by atoms with Crippen LogP contribution in [0.5, 0.6) is 0 Å². The molecule has 0 bridgehead atoms. The fourth-order valence-corrected chi connectivity index (χ4v) is 2.55. The third-order valence-electron chi connectivity index (χ3n) is 4.06. The number of hydrogen-bond acceptors (Lipinski definition) is 4. The van der Waals surface area contributed by atoms with Gasteiger partial charge in [-0.15, -0.1) is 0 Å². The van der Waals surface area contributed by atoms with Crippen LogP contribution in [0.1, 0.15) is 23.2 Å². The van der Waals surface area contributed by atoms with Crippen molar-refractivity contribution in [2.45, 2.75) is 26.7 Å². The predicted molar refractivity (Wildman–Crippen MR) is 98.0 cm³/mol. The van der Waals surface area contributed by atoms with Gasteiger partial charge in [-0.05, 0) is 44.4 Å². The molecule has 0 atom stereocenters. The Bertz CT molecular complexity index is 785. The smallest absolute Gasteiger partial charge is 0.180 e. The average Bonchev–Trinajstić information content (AvgIpc) is 2.63. The standard InChI is InChI=1S/C20H22N4/c1-15-16(2)23-20(18-12-6-7-13-21-18)24-19(15)22-14-8-11-17-9-4-3-5-10-17/h3-7,9-10,12-13H,8,11,14H2,1-2H3,(H,22,23,24). The Labute approximate surface area is 143 Å². The summed E-state index contributed by atoms with van der Waals surface area (Å²) in [6, 6.07) is 16.3. The number of anilines is 1. The van der Waals surface area contributed by atoms with E-state index in [0.29, 0.717) is 5.82 Å². The minimum atomic E-state index is 0.671. The van der Waals surface area contributed by atoms with Crippen molar-refractivity contribution in [3.05, 3.63) is 71.5 Å². The molecule has 122 valence electrons. The third-order valence-corrected chi connectivity index (χ3v) is 4.06. The van der Waals surface area contributed by atoms with Crippen LogP contribution in [-0.4, -0.2) is 21.5 Å². The van der Waals surface area contributed by atoms with Crippen LogP contribution in [0.15, 0.2) is 54.7 Å². The molecule has 0 saturated carbocycles. The van der Waals surface area contributed by atoms with Gasteiger partial charge in [0.05, 0.1) is 0 Å². The minimum Gasteiger partial charge on any atom is -0.370 e. The van der Waals surface area contributed by atoms with Gasteiger partial charge in [-0.2, -0.15) is 0 Å². The first-order valence-corrected chi connectivity index (χ1v) is 8.28. The summed E-state index contributed by atoms with van der Waals surface area (Å²) in [6.45, 7) is 4.95. The topological polar surface area (TPSA) is 50.7 Å².